The minimum atomic E-state index is 0.811. The van der Waals surface area contributed by atoms with Gasteiger partial charge in [0, 0.05) is 12.2 Å². The number of hydrogen-bond acceptors (Lipinski definition) is 2. The fourth-order valence-electron chi connectivity index (χ4n) is 2.15. The first-order valence-electron chi connectivity index (χ1n) is 6.22. The molecule has 3 N–H and O–H groups in total. The Balaban J connectivity index is 1.81. The van der Waals surface area contributed by atoms with E-state index in [0.717, 1.165) is 30.6 Å². The lowest BCUT2D eigenvalue weighted by Crippen LogP contribution is -2.22. The summed E-state index contributed by atoms with van der Waals surface area (Å²) in [6.45, 7) is 6.45. The summed E-state index contributed by atoms with van der Waals surface area (Å²) in [5.41, 5.74) is 9.34. The van der Waals surface area contributed by atoms with E-state index in [0.29, 0.717) is 0 Å². The van der Waals surface area contributed by atoms with Crippen molar-refractivity contribution in [2.45, 2.75) is 33.2 Å². The smallest absolute Gasteiger partial charge is 0.0359 e. The van der Waals surface area contributed by atoms with Crippen molar-refractivity contribution in [2.75, 3.05) is 12.3 Å². The minimum absolute atomic E-state index is 0.811. The third-order valence-corrected chi connectivity index (χ3v) is 3.51. The second-order valence-corrected chi connectivity index (χ2v) is 5.15. The maximum Gasteiger partial charge on any atom is 0.0359 e. The van der Waals surface area contributed by atoms with E-state index in [1.165, 1.54) is 24.0 Å². The van der Waals surface area contributed by atoms with Crippen LogP contribution in [0.1, 0.15) is 30.9 Å². The minimum Gasteiger partial charge on any atom is -0.398 e. The number of hydrogen-bond donors (Lipinski definition) is 2. The summed E-state index contributed by atoms with van der Waals surface area (Å²) in [6, 6.07) is 6.23. The van der Waals surface area contributed by atoms with Crippen molar-refractivity contribution in [1.29, 1.82) is 0 Å². The van der Waals surface area contributed by atoms with Crippen LogP contribution in [0.4, 0.5) is 5.69 Å². The maximum absolute atomic E-state index is 5.94. The first-order chi connectivity index (χ1) is 7.66. The number of nitrogens with two attached hydrogens (primary N) is 1. The van der Waals surface area contributed by atoms with Gasteiger partial charge in [0.1, 0.15) is 0 Å². The summed E-state index contributed by atoms with van der Waals surface area (Å²) in [7, 11) is 0. The lowest BCUT2D eigenvalue weighted by atomic mass is 10.1. The van der Waals surface area contributed by atoms with E-state index in [4.69, 9.17) is 5.73 Å². The summed E-state index contributed by atoms with van der Waals surface area (Å²) >= 11 is 0. The Morgan fingerprint density at radius 3 is 2.88 bits per heavy atom. The van der Waals surface area contributed by atoms with Crippen molar-refractivity contribution >= 4 is 5.69 Å². The van der Waals surface area contributed by atoms with Crippen LogP contribution in [-0.2, 0) is 6.54 Å². The molecule has 1 atom stereocenters. The van der Waals surface area contributed by atoms with Crippen LogP contribution in [-0.4, -0.2) is 6.54 Å². The zero-order valence-corrected chi connectivity index (χ0v) is 10.3. The van der Waals surface area contributed by atoms with Crippen molar-refractivity contribution in [3.63, 3.8) is 0 Å². The molecule has 1 unspecified atom stereocenters. The van der Waals surface area contributed by atoms with E-state index in [-0.39, 0.29) is 0 Å². The van der Waals surface area contributed by atoms with E-state index < -0.39 is 0 Å². The second kappa shape index (κ2) is 4.88. The van der Waals surface area contributed by atoms with Gasteiger partial charge < -0.3 is 11.1 Å². The highest BCUT2D eigenvalue weighted by Crippen LogP contribution is 2.36. The largest absolute Gasteiger partial charge is 0.398 e. The predicted octanol–water partition coefficient (Wildman–Crippen LogP) is 2.71. The molecule has 1 saturated carbocycles. The summed E-state index contributed by atoms with van der Waals surface area (Å²) in [5.74, 6) is 1.79. The normalized spacial score (nSPS) is 17.4. The predicted molar refractivity (Wildman–Crippen MR) is 69.2 cm³/mol. The van der Waals surface area contributed by atoms with Crippen LogP contribution in [0.15, 0.2) is 18.2 Å². The van der Waals surface area contributed by atoms with E-state index in [1.807, 2.05) is 6.07 Å². The van der Waals surface area contributed by atoms with E-state index in [2.05, 4.69) is 31.3 Å². The molecular weight excluding hydrogens is 196 g/mol. The molecule has 0 aromatic heterocycles. The maximum atomic E-state index is 5.94. The van der Waals surface area contributed by atoms with Crippen molar-refractivity contribution < 1.29 is 0 Å². The molecule has 0 radical (unpaired) electrons. The molecule has 2 nitrogen and oxygen atoms in total. The molecule has 1 aromatic carbocycles. The van der Waals surface area contributed by atoms with Crippen molar-refractivity contribution in [3.8, 4) is 0 Å². The number of anilines is 1. The quantitative estimate of drug-likeness (QED) is 0.746. The van der Waals surface area contributed by atoms with E-state index >= 15 is 0 Å². The number of nitrogen functional groups attached to an aromatic ring is 1. The SMILES string of the molecule is Cc1ccc(N)c(CNCC(C)C2CC2)c1. The monoisotopic (exact) mass is 218 g/mol. The lowest BCUT2D eigenvalue weighted by Gasteiger charge is -2.12. The Hall–Kier alpha value is -1.02. The standard InChI is InChI=1S/C14H22N2/c1-10-3-6-14(15)13(7-10)9-16-8-11(2)12-4-5-12/h3,6-7,11-12,16H,4-5,8-9,15H2,1-2H3. The molecule has 0 aliphatic heterocycles. The van der Waals surface area contributed by atoms with E-state index in [9.17, 15) is 0 Å². The summed E-state index contributed by atoms with van der Waals surface area (Å²) in [5, 5.41) is 3.51. The third-order valence-electron chi connectivity index (χ3n) is 3.51. The third kappa shape index (κ3) is 2.99. The van der Waals surface area contributed by atoms with Gasteiger partial charge in [-0.25, -0.2) is 0 Å². The van der Waals surface area contributed by atoms with Crippen LogP contribution in [0.3, 0.4) is 0 Å². The van der Waals surface area contributed by atoms with Crippen LogP contribution >= 0.6 is 0 Å². The molecule has 0 amide bonds. The molecule has 1 fully saturated rings. The molecule has 16 heavy (non-hydrogen) atoms. The summed E-state index contributed by atoms with van der Waals surface area (Å²) in [6.07, 6.45) is 2.85. The van der Waals surface area contributed by atoms with Gasteiger partial charge in [0.15, 0.2) is 0 Å². The fraction of sp³-hybridized carbons (Fsp3) is 0.571. The average Bonchev–Trinajstić information content (AvgIpc) is 3.06. The van der Waals surface area contributed by atoms with Crippen molar-refractivity contribution in [3.05, 3.63) is 29.3 Å². The molecule has 0 heterocycles. The Kier molecular flexibility index (Phi) is 3.49. The molecule has 2 heteroatoms. The van der Waals surface area contributed by atoms with Gasteiger partial charge in [-0.05, 0) is 49.8 Å². The van der Waals surface area contributed by atoms with Crippen LogP contribution in [0.25, 0.3) is 0 Å². The van der Waals surface area contributed by atoms with Crippen molar-refractivity contribution in [1.82, 2.24) is 5.32 Å². The molecule has 0 saturated heterocycles. The molecule has 1 aromatic rings. The topological polar surface area (TPSA) is 38.0 Å². The average molecular weight is 218 g/mol. The second-order valence-electron chi connectivity index (χ2n) is 5.15. The highest BCUT2D eigenvalue weighted by atomic mass is 14.9. The molecule has 1 aliphatic carbocycles. The summed E-state index contributed by atoms with van der Waals surface area (Å²) in [4.78, 5) is 0. The summed E-state index contributed by atoms with van der Waals surface area (Å²) < 4.78 is 0. The number of nitrogens with one attached hydrogen (secondary N) is 1. The highest BCUT2D eigenvalue weighted by molar-refractivity contribution is 5.48. The number of aryl methyl sites for hydroxylation is 1. The Bertz CT molecular complexity index is 356. The van der Waals surface area contributed by atoms with Gasteiger partial charge in [-0.2, -0.15) is 0 Å². The van der Waals surface area contributed by atoms with Gasteiger partial charge in [0.05, 0.1) is 0 Å². The molecule has 2 rings (SSSR count). The van der Waals surface area contributed by atoms with Crippen LogP contribution in [0, 0.1) is 18.8 Å². The van der Waals surface area contributed by atoms with Crippen LogP contribution in [0.2, 0.25) is 0 Å². The zero-order chi connectivity index (χ0) is 11.5. The van der Waals surface area contributed by atoms with Gasteiger partial charge in [-0.3, -0.25) is 0 Å². The van der Waals surface area contributed by atoms with Gasteiger partial charge in [-0.1, -0.05) is 24.6 Å². The van der Waals surface area contributed by atoms with E-state index in [1.54, 1.807) is 0 Å². The molecule has 0 spiro atoms. The molecule has 0 bridgehead atoms. The lowest BCUT2D eigenvalue weighted by molar-refractivity contribution is 0.462. The first kappa shape index (κ1) is 11.5. The molecule has 1 aliphatic rings. The van der Waals surface area contributed by atoms with Crippen molar-refractivity contribution in [2.24, 2.45) is 11.8 Å². The van der Waals surface area contributed by atoms with Gasteiger partial charge in [0.25, 0.3) is 0 Å². The zero-order valence-electron chi connectivity index (χ0n) is 10.3. The highest BCUT2D eigenvalue weighted by Gasteiger charge is 2.27. The fourth-order valence-corrected chi connectivity index (χ4v) is 2.15. The van der Waals surface area contributed by atoms with Gasteiger partial charge in [0.2, 0.25) is 0 Å². The number of benzene rings is 1. The van der Waals surface area contributed by atoms with Crippen LogP contribution in [0.5, 0.6) is 0 Å². The van der Waals surface area contributed by atoms with Gasteiger partial charge >= 0.3 is 0 Å². The first-order valence-corrected chi connectivity index (χ1v) is 6.22. The van der Waals surface area contributed by atoms with Crippen LogP contribution < -0.4 is 11.1 Å². The van der Waals surface area contributed by atoms with Gasteiger partial charge in [-0.15, -0.1) is 0 Å². The number of rotatable bonds is 5. The molecular formula is C14H22N2. The molecule has 88 valence electrons. The Morgan fingerprint density at radius 2 is 2.19 bits per heavy atom. The Labute approximate surface area is 98.2 Å². The Morgan fingerprint density at radius 1 is 1.44 bits per heavy atom.